The zero-order valence-electron chi connectivity index (χ0n) is 17.5. The molecule has 32 heavy (non-hydrogen) atoms. The van der Waals surface area contributed by atoms with Crippen LogP contribution in [0.5, 0.6) is 5.75 Å². The summed E-state index contributed by atoms with van der Waals surface area (Å²) in [6, 6.07) is 16.7. The lowest BCUT2D eigenvalue weighted by Gasteiger charge is -2.29. The Morgan fingerprint density at radius 3 is 2.81 bits per heavy atom. The average Bonchev–Trinajstić information content (AvgIpc) is 2.80. The summed E-state index contributed by atoms with van der Waals surface area (Å²) in [7, 11) is 0. The largest absolute Gasteiger partial charge is 0.490 e. The number of hydrogen-bond acceptors (Lipinski definition) is 6. The third kappa shape index (κ3) is 5.68. The fourth-order valence-corrected chi connectivity index (χ4v) is 4.64. The molecule has 0 aliphatic heterocycles. The highest BCUT2D eigenvalue weighted by molar-refractivity contribution is 7.99. The maximum Gasteiger partial charge on any atom is 0.259 e. The van der Waals surface area contributed by atoms with Gasteiger partial charge >= 0.3 is 0 Å². The minimum atomic E-state index is -0.166. The molecule has 0 spiro atoms. The standard InChI is InChI=1S/C24H24N4O3S/c25-15-16-4-3-5-19(14-16)31-18-10-8-17(9-11-18)26-22(29)12-13-32-24-27-21-7-2-1-6-20(21)23(30)28-24/h1-7,14,17-18H,8-13H2,(H,26,29)(H,27,28,30). The lowest BCUT2D eigenvalue weighted by Crippen LogP contribution is -2.39. The predicted molar refractivity (Wildman–Crippen MR) is 124 cm³/mol. The molecule has 1 amide bonds. The van der Waals surface area contributed by atoms with Crippen LogP contribution in [0.2, 0.25) is 0 Å². The second kappa shape index (κ2) is 10.3. The highest BCUT2D eigenvalue weighted by Gasteiger charge is 2.23. The van der Waals surface area contributed by atoms with E-state index >= 15 is 0 Å². The van der Waals surface area contributed by atoms with Crippen LogP contribution in [0.25, 0.3) is 10.9 Å². The molecule has 1 aromatic heterocycles. The van der Waals surface area contributed by atoms with Crippen LogP contribution in [0.3, 0.4) is 0 Å². The molecule has 0 bridgehead atoms. The Morgan fingerprint density at radius 2 is 2.00 bits per heavy atom. The molecule has 7 nitrogen and oxygen atoms in total. The van der Waals surface area contributed by atoms with Crippen molar-refractivity contribution < 1.29 is 9.53 Å². The number of carbonyl (C=O) groups is 1. The molecule has 1 aliphatic rings. The summed E-state index contributed by atoms with van der Waals surface area (Å²) in [6.07, 6.45) is 3.90. The Labute approximate surface area is 190 Å². The topological polar surface area (TPSA) is 108 Å². The van der Waals surface area contributed by atoms with E-state index in [1.54, 1.807) is 18.2 Å². The number of aromatic amines is 1. The van der Waals surface area contributed by atoms with Crippen LogP contribution in [-0.2, 0) is 4.79 Å². The van der Waals surface area contributed by atoms with Crippen molar-refractivity contribution in [2.24, 2.45) is 0 Å². The number of thioether (sulfide) groups is 1. The van der Waals surface area contributed by atoms with Gasteiger partial charge in [0.2, 0.25) is 5.91 Å². The Balaban J connectivity index is 1.19. The summed E-state index contributed by atoms with van der Waals surface area (Å²) in [5.74, 6) is 1.27. The number of aromatic nitrogens is 2. The first-order valence-corrected chi connectivity index (χ1v) is 11.7. The van der Waals surface area contributed by atoms with Crippen LogP contribution in [0, 0.1) is 11.3 Å². The molecule has 2 aromatic carbocycles. The van der Waals surface area contributed by atoms with Crippen molar-refractivity contribution in [3.63, 3.8) is 0 Å². The van der Waals surface area contributed by atoms with E-state index in [1.807, 2.05) is 30.3 Å². The van der Waals surface area contributed by atoms with Crippen molar-refractivity contribution >= 4 is 28.6 Å². The van der Waals surface area contributed by atoms with Gasteiger partial charge in [0.05, 0.1) is 28.6 Å². The van der Waals surface area contributed by atoms with E-state index in [4.69, 9.17) is 10.00 Å². The van der Waals surface area contributed by atoms with Gasteiger partial charge in [0.1, 0.15) is 5.75 Å². The van der Waals surface area contributed by atoms with Crippen LogP contribution in [0.4, 0.5) is 0 Å². The molecular formula is C24H24N4O3S. The average molecular weight is 449 g/mol. The fraction of sp³-hybridized carbons (Fsp3) is 0.333. The van der Waals surface area contributed by atoms with Gasteiger partial charge in [-0.05, 0) is 56.0 Å². The zero-order valence-corrected chi connectivity index (χ0v) is 18.4. The summed E-state index contributed by atoms with van der Waals surface area (Å²) >= 11 is 1.37. The van der Waals surface area contributed by atoms with Gasteiger partial charge in [-0.1, -0.05) is 30.0 Å². The molecule has 164 valence electrons. The van der Waals surface area contributed by atoms with Gasteiger partial charge < -0.3 is 15.0 Å². The van der Waals surface area contributed by atoms with Crippen LogP contribution in [0.1, 0.15) is 37.7 Å². The maximum atomic E-state index is 12.3. The summed E-state index contributed by atoms with van der Waals surface area (Å²) in [5, 5.41) is 13.2. The lowest BCUT2D eigenvalue weighted by molar-refractivity contribution is -0.121. The van der Waals surface area contributed by atoms with Crippen molar-refractivity contribution in [1.82, 2.24) is 15.3 Å². The molecule has 4 rings (SSSR count). The third-order valence-electron chi connectivity index (χ3n) is 5.46. The zero-order chi connectivity index (χ0) is 22.3. The first-order chi connectivity index (χ1) is 15.6. The van der Waals surface area contributed by atoms with Crippen molar-refractivity contribution in [3.8, 4) is 11.8 Å². The number of benzene rings is 2. The minimum absolute atomic E-state index is 0.00623. The first-order valence-electron chi connectivity index (χ1n) is 10.7. The molecule has 8 heteroatoms. The number of amides is 1. The number of H-pyrrole nitrogens is 1. The molecule has 0 unspecified atom stereocenters. The van der Waals surface area contributed by atoms with E-state index < -0.39 is 0 Å². The maximum absolute atomic E-state index is 12.3. The number of carbonyl (C=O) groups excluding carboxylic acids is 1. The molecular weight excluding hydrogens is 424 g/mol. The third-order valence-corrected chi connectivity index (χ3v) is 6.34. The monoisotopic (exact) mass is 448 g/mol. The van der Waals surface area contributed by atoms with Crippen LogP contribution in [-0.4, -0.2) is 33.8 Å². The molecule has 3 aromatic rings. The van der Waals surface area contributed by atoms with Crippen LogP contribution < -0.4 is 15.6 Å². The van der Waals surface area contributed by atoms with E-state index in [0.29, 0.717) is 39.5 Å². The van der Waals surface area contributed by atoms with Gasteiger partial charge in [0.25, 0.3) is 5.56 Å². The van der Waals surface area contributed by atoms with E-state index in [9.17, 15) is 9.59 Å². The highest BCUT2D eigenvalue weighted by atomic mass is 32.2. The summed E-state index contributed by atoms with van der Waals surface area (Å²) < 4.78 is 6.00. The second-order valence-electron chi connectivity index (χ2n) is 7.79. The summed E-state index contributed by atoms with van der Waals surface area (Å²) in [4.78, 5) is 31.7. The van der Waals surface area contributed by atoms with Crippen molar-refractivity contribution in [1.29, 1.82) is 5.26 Å². The second-order valence-corrected chi connectivity index (χ2v) is 8.87. The molecule has 1 heterocycles. The Bertz CT molecular complexity index is 1200. The lowest BCUT2D eigenvalue weighted by atomic mass is 9.93. The fourth-order valence-electron chi connectivity index (χ4n) is 3.83. The van der Waals surface area contributed by atoms with Gasteiger partial charge in [-0.25, -0.2) is 4.98 Å². The SMILES string of the molecule is N#Cc1cccc(OC2CCC(NC(=O)CCSc3nc4ccccc4c(=O)[nH]3)CC2)c1. The van der Waals surface area contributed by atoms with Gasteiger partial charge in [-0.3, -0.25) is 9.59 Å². The van der Waals surface area contributed by atoms with Crippen LogP contribution in [0.15, 0.2) is 58.5 Å². The number of nitriles is 1. The van der Waals surface area contributed by atoms with Crippen molar-refractivity contribution in [2.75, 3.05) is 5.75 Å². The normalized spacial score (nSPS) is 18.1. The van der Waals surface area contributed by atoms with E-state index in [-0.39, 0.29) is 23.6 Å². The molecule has 1 saturated carbocycles. The van der Waals surface area contributed by atoms with Gasteiger partial charge in [0, 0.05) is 18.2 Å². The Kier molecular flexibility index (Phi) is 7.07. The van der Waals surface area contributed by atoms with E-state index in [2.05, 4.69) is 21.4 Å². The van der Waals surface area contributed by atoms with Gasteiger partial charge in [-0.15, -0.1) is 0 Å². The minimum Gasteiger partial charge on any atom is -0.490 e. The number of nitrogens with zero attached hydrogens (tertiary/aromatic N) is 2. The molecule has 0 atom stereocenters. The smallest absolute Gasteiger partial charge is 0.259 e. The molecule has 2 N–H and O–H groups in total. The van der Waals surface area contributed by atoms with Crippen LogP contribution >= 0.6 is 11.8 Å². The number of ether oxygens (including phenoxy) is 1. The molecule has 0 radical (unpaired) electrons. The number of para-hydroxylation sites is 1. The number of nitrogens with one attached hydrogen (secondary N) is 2. The quantitative estimate of drug-likeness (QED) is 0.421. The predicted octanol–water partition coefficient (Wildman–Crippen LogP) is 3.78. The summed E-state index contributed by atoms with van der Waals surface area (Å²) in [6.45, 7) is 0. The van der Waals surface area contributed by atoms with Crippen molar-refractivity contribution in [2.45, 2.75) is 49.4 Å². The molecule has 0 saturated heterocycles. The van der Waals surface area contributed by atoms with E-state index in [0.717, 1.165) is 25.7 Å². The van der Waals surface area contributed by atoms with Crippen molar-refractivity contribution in [3.05, 3.63) is 64.4 Å². The Morgan fingerprint density at radius 1 is 1.19 bits per heavy atom. The first kappa shape index (κ1) is 21.9. The highest BCUT2D eigenvalue weighted by Crippen LogP contribution is 2.24. The summed E-state index contributed by atoms with van der Waals surface area (Å²) in [5.41, 5.74) is 1.08. The van der Waals surface area contributed by atoms with Gasteiger partial charge in [0.15, 0.2) is 5.16 Å². The molecule has 1 fully saturated rings. The molecule has 1 aliphatic carbocycles. The Hall–Kier alpha value is -3.31. The van der Waals surface area contributed by atoms with E-state index in [1.165, 1.54) is 11.8 Å². The number of fused-ring (bicyclic) bond motifs is 1. The van der Waals surface area contributed by atoms with Gasteiger partial charge in [-0.2, -0.15) is 5.26 Å². The number of rotatable bonds is 7. The number of hydrogen-bond donors (Lipinski definition) is 2.